The van der Waals surface area contributed by atoms with Gasteiger partial charge in [0.05, 0.1) is 6.04 Å². The zero-order chi connectivity index (χ0) is 13.1. The van der Waals surface area contributed by atoms with Gasteiger partial charge in [0.25, 0.3) is 0 Å². The van der Waals surface area contributed by atoms with Crippen molar-refractivity contribution in [2.45, 2.75) is 25.4 Å². The molecule has 0 aromatic heterocycles. The van der Waals surface area contributed by atoms with Gasteiger partial charge in [-0.3, -0.25) is 4.90 Å². The first-order valence-electron chi connectivity index (χ1n) is 5.77. The Balaban J connectivity index is 2.15. The van der Waals surface area contributed by atoms with Crippen molar-refractivity contribution < 1.29 is 9.60 Å². The fourth-order valence-electron chi connectivity index (χ4n) is 2.30. The average Bonchev–Trinajstić information content (AvgIpc) is 2.81. The smallest absolute Gasteiger partial charge is 0.156 e. The molecule has 4 nitrogen and oxygen atoms in total. The zero-order valence-corrected chi connectivity index (χ0v) is 10.6. The van der Waals surface area contributed by atoms with Crippen LogP contribution in [0.15, 0.2) is 23.4 Å². The van der Waals surface area contributed by atoms with E-state index in [-0.39, 0.29) is 17.7 Å². The van der Waals surface area contributed by atoms with Crippen LogP contribution in [0.1, 0.15) is 18.4 Å². The summed E-state index contributed by atoms with van der Waals surface area (Å²) in [5.41, 5.74) is 6.16. The van der Waals surface area contributed by atoms with Crippen molar-refractivity contribution >= 4 is 17.4 Å². The summed E-state index contributed by atoms with van der Waals surface area (Å²) in [7, 11) is 0. The van der Waals surface area contributed by atoms with Crippen molar-refractivity contribution in [1.82, 2.24) is 4.90 Å². The van der Waals surface area contributed by atoms with Crippen LogP contribution < -0.4 is 5.73 Å². The first-order chi connectivity index (χ1) is 8.61. The van der Waals surface area contributed by atoms with Gasteiger partial charge >= 0.3 is 0 Å². The summed E-state index contributed by atoms with van der Waals surface area (Å²) >= 11 is 5.85. The Kier molecular flexibility index (Phi) is 4.04. The highest BCUT2D eigenvalue weighted by Gasteiger charge is 2.28. The molecule has 0 spiro atoms. The van der Waals surface area contributed by atoms with Gasteiger partial charge in [0.1, 0.15) is 5.82 Å². The van der Waals surface area contributed by atoms with Gasteiger partial charge in [0.15, 0.2) is 5.84 Å². The minimum absolute atomic E-state index is 0.131. The molecule has 0 bridgehead atoms. The minimum atomic E-state index is -0.287. The van der Waals surface area contributed by atoms with Crippen molar-refractivity contribution in [3.05, 3.63) is 34.6 Å². The number of amidine groups is 1. The molecule has 2 rings (SSSR count). The van der Waals surface area contributed by atoms with E-state index in [1.54, 1.807) is 6.07 Å². The molecule has 1 aliphatic heterocycles. The molecule has 1 aromatic carbocycles. The van der Waals surface area contributed by atoms with E-state index in [0.717, 1.165) is 19.4 Å². The van der Waals surface area contributed by atoms with Gasteiger partial charge in [-0.05, 0) is 37.6 Å². The van der Waals surface area contributed by atoms with Crippen LogP contribution in [0, 0.1) is 5.82 Å². The highest BCUT2D eigenvalue weighted by atomic mass is 35.5. The Bertz CT molecular complexity index is 467. The molecule has 18 heavy (non-hydrogen) atoms. The van der Waals surface area contributed by atoms with Crippen LogP contribution in [-0.4, -0.2) is 28.5 Å². The third-order valence-corrected chi connectivity index (χ3v) is 3.44. The lowest BCUT2D eigenvalue weighted by Gasteiger charge is -2.23. The molecule has 1 saturated heterocycles. The molecule has 1 aromatic rings. The van der Waals surface area contributed by atoms with Gasteiger partial charge in [-0.15, -0.1) is 0 Å². The maximum absolute atomic E-state index is 13.6. The number of hydrogen-bond acceptors (Lipinski definition) is 3. The summed E-state index contributed by atoms with van der Waals surface area (Å²) in [5, 5.41) is 12.3. The summed E-state index contributed by atoms with van der Waals surface area (Å²) in [6.45, 7) is 1.21. The molecule has 3 N–H and O–H groups in total. The molecule has 1 fully saturated rings. The molecule has 0 aliphatic carbocycles. The third kappa shape index (κ3) is 2.73. The van der Waals surface area contributed by atoms with Crippen LogP contribution in [0.4, 0.5) is 4.39 Å². The lowest BCUT2D eigenvalue weighted by molar-refractivity contribution is 0.272. The van der Waals surface area contributed by atoms with Crippen LogP contribution in [0.2, 0.25) is 5.02 Å². The first kappa shape index (κ1) is 13.1. The van der Waals surface area contributed by atoms with Gasteiger partial charge in [-0.2, -0.15) is 0 Å². The highest BCUT2D eigenvalue weighted by Crippen LogP contribution is 2.23. The van der Waals surface area contributed by atoms with E-state index in [2.05, 4.69) is 5.16 Å². The second-order valence-corrected chi connectivity index (χ2v) is 4.83. The minimum Gasteiger partial charge on any atom is -0.409 e. The van der Waals surface area contributed by atoms with Crippen molar-refractivity contribution in [3.8, 4) is 0 Å². The lowest BCUT2D eigenvalue weighted by atomic mass is 10.1. The summed E-state index contributed by atoms with van der Waals surface area (Å²) in [4.78, 5) is 1.99. The van der Waals surface area contributed by atoms with Crippen molar-refractivity contribution in [3.63, 3.8) is 0 Å². The molecular formula is C12H15ClFN3O. The summed E-state index contributed by atoms with van der Waals surface area (Å²) in [6, 6.07) is 4.35. The quantitative estimate of drug-likeness (QED) is 0.383. The Morgan fingerprint density at radius 1 is 1.61 bits per heavy atom. The normalized spacial score (nSPS) is 21.4. The van der Waals surface area contributed by atoms with Crippen LogP contribution >= 0.6 is 11.6 Å². The number of likely N-dealkylation sites (tertiary alicyclic amines) is 1. The third-order valence-electron chi connectivity index (χ3n) is 3.20. The van der Waals surface area contributed by atoms with Gasteiger partial charge in [-0.1, -0.05) is 16.8 Å². The molecule has 0 radical (unpaired) electrons. The maximum atomic E-state index is 13.6. The second kappa shape index (κ2) is 5.54. The summed E-state index contributed by atoms with van der Waals surface area (Å²) < 4.78 is 13.6. The number of benzene rings is 1. The lowest BCUT2D eigenvalue weighted by Crippen LogP contribution is -2.40. The molecular weight excluding hydrogens is 257 g/mol. The van der Waals surface area contributed by atoms with Crippen LogP contribution in [-0.2, 0) is 6.54 Å². The van der Waals surface area contributed by atoms with Gasteiger partial charge in [0, 0.05) is 17.1 Å². The summed E-state index contributed by atoms with van der Waals surface area (Å²) in [5.74, 6) is -0.112. The monoisotopic (exact) mass is 271 g/mol. The van der Waals surface area contributed by atoms with Crippen LogP contribution in [0.25, 0.3) is 0 Å². The molecule has 1 atom stereocenters. The van der Waals surface area contributed by atoms with Crippen molar-refractivity contribution in [2.75, 3.05) is 6.54 Å². The van der Waals surface area contributed by atoms with E-state index < -0.39 is 0 Å². The highest BCUT2D eigenvalue weighted by molar-refractivity contribution is 6.30. The van der Waals surface area contributed by atoms with E-state index in [4.69, 9.17) is 22.5 Å². The zero-order valence-electron chi connectivity index (χ0n) is 9.81. The van der Waals surface area contributed by atoms with Crippen LogP contribution in [0.5, 0.6) is 0 Å². The molecule has 1 unspecified atom stereocenters. The SMILES string of the molecule is N/C(=N/O)C1CCCN1Cc1cc(Cl)ccc1F. The number of rotatable bonds is 3. The van der Waals surface area contributed by atoms with Crippen LogP contribution in [0.3, 0.4) is 0 Å². The maximum Gasteiger partial charge on any atom is 0.156 e. The van der Waals surface area contributed by atoms with Gasteiger partial charge in [-0.25, -0.2) is 4.39 Å². The Hall–Kier alpha value is -1.33. The molecule has 0 amide bonds. The van der Waals surface area contributed by atoms with Crippen molar-refractivity contribution in [2.24, 2.45) is 10.9 Å². The predicted octanol–water partition coefficient (Wildman–Crippen LogP) is 2.19. The van der Waals surface area contributed by atoms with Gasteiger partial charge in [0.2, 0.25) is 0 Å². The molecule has 1 heterocycles. The Morgan fingerprint density at radius 3 is 3.11 bits per heavy atom. The average molecular weight is 272 g/mol. The predicted molar refractivity (Wildman–Crippen MR) is 68.3 cm³/mol. The largest absolute Gasteiger partial charge is 0.409 e. The topological polar surface area (TPSA) is 61.9 Å². The van der Waals surface area contributed by atoms with E-state index in [1.807, 2.05) is 4.90 Å². The number of oxime groups is 1. The van der Waals surface area contributed by atoms with E-state index in [0.29, 0.717) is 17.1 Å². The molecule has 98 valence electrons. The standard InChI is InChI=1S/C12H15ClFN3O/c13-9-3-4-10(14)8(6-9)7-17-5-1-2-11(17)12(15)16-18/h3-4,6,11,18H,1-2,5,7H2,(H2,15,16). The molecule has 6 heteroatoms. The van der Waals surface area contributed by atoms with E-state index in [1.165, 1.54) is 12.1 Å². The first-order valence-corrected chi connectivity index (χ1v) is 6.15. The Morgan fingerprint density at radius 2 is 2.39 bits per heavy atom. The Labute approximate surface area is 110 Å². The van der Waals surface area contributed by atoms with E-state index in [9.17, 15) is 4.39 Å². The number of nitrogens with zero attached hydrogens (tertiary/aromatic N) is 2. The number of hydrogen-bond donors (Lipinski definition) is 2. The number of nitrogens with two attached hydrogens (primary N) is 1. The van der Waals surface area contributed by atoms with E-state index >= 15 is 0 Å². The fraction of sp³-hybridized carbons (Fsp3) is 0.417. The fourth-order valence-corrected chi connectivity index (χ4v) is 2.49. The number of halogens is 2. The second-order valence-electron chi connectivity index (χ2n) is 4.39. The molecule has 0 saturated carbocycles. The summed E-state index contributed by atoms with van der Waals surface area (Å²) in [6.07, 6.45) is 1.77. The van der Waals surface area contributed by atoms with Crippen molar-refractivity contribution in [1.29, 1.82) is 0 Å². The van der Waals surface area contributed by atoms with Gasteiger partial charge < -0.3 is 10.9 Å². The molecule has 1 aliphatic rings.